The Bertz CT molecular complexity index is 498. The second-order valence-electron chi connectivity index (χ2n) is 3.16. The van der Waals surface area contributed by atoms with E-state index in [2.05, 4.69) is 15.9 Å². The van der Waals surface area contributed by atoms with Crippen molar-refractivity contribution in [3.63, 3.8) is 0 Å². The van der Waals surface area contributed by atoms with Crippen LogP contribution in [0.4, 0.5) is 10.1 Å². The molecule has 0 saturated carbocycles. The molecule has 0 spiro atoms. The number of rotatable bonds is 3. The highest BCUT2D eigenvalue weighted by Gasteiger charge is 2.04. The van der Waals surface area contributed by atoms with Gasteiger partial charge in [0, 0.05) is 20.0 Å². The third kappa shape index (κ3) is 2.78. The summed E-state index contributed by atoms with van der Waals surface area (Å²) in [5, 5.41) is 2.03. The molecule has 1 nitrogen and oxygen atoms in total. The molecule has 0 unspecified atom stereocenters. The molecule has 5 heteroatoms. The van der Waals surface area contributed by atoms with E-state index in [-0.39, 0.29) is 11.5 Å². The second-order valence-corrected chi connectivity index (χ2v) is 6.07. The van der Waals surface area contributed by atoms with E-state index in [0.29, 0.717) is 0 Å². The molecule has 0 amide bonds. The lowest BCUT2D eigenvalue weighted by atomic mass is 10.3. The summed E-state index contributed by atoms with van der Waals surface area (Å²) in [7, 11) is 0. The number of nitrogen functional groups attached to an aromatic ring is 1. The molecule has 0 aliphatic carbocycles. The third-order valence-electron chi connectivity index (χ3n) is 2.03. The van der Waals surface area contributed by atoms with Crippen LogP contribution >= 0.6 is 39.0 Å². The van der Waals surface area contributed by atoms with Crippen molar-refractivity contribution in [2.24, 2.45) is 0 Å². The molecule has 1 aromatic carbocycles. The molecular weight excluding hydrogens is 309 g/mol. The van der Waals surface area contributed by atoms with Crippen LogP contribution in [0.1, 0.15) is 4.88 Å². The molecule has 1 aromatic heterocycles. The summed E-state index contributed by atoms with van der Waals surface area (Å²) < 4.78 is 14.3. The quantitative estimate of drug-likeness (QED) is 0.665. The van der Waals surface area contributed by atoms with Gasteiger partial charge in [-0.3, -0.25) is 0 Å². The van der Waals surface area contributed by atoms with Crippen LogP contribution < -0.4 is 5.73 Å². The maximum absolute atomic E-state index is 13.2. The lowest BCUT2D eigenvalue weighted by Crippen LogP contribution is -1.89. The summed E-state index contributed by atoms with van der Waals surface area (Å²) >= 11 is 6.76. The van der Waals surface area contributed by atoms with Gasteiger partial charge < -0.3 is 5.73 Å². The van der Waals surface area contributed by atoms with Crippen molar-refractivity contribution in [3.8, 4) is 0 Å². The molecule has 1 heterocycles. The molecule has 2 aromatic rings. The topological polar surface area (TPSA) is 26.0 Å². The first-order valence-corrected chi connectivity index (χ1v) is 7.22. The van der Waals surface area contributed by atoms with E-state index in [1.165, 1.54) is 10.9 Å². The average Bonchev–Trinajstić information content (AvgIpc) is 2.66. The van der Waals surface area contributed by atoms with E-state index in [1.807, 2.05) is 17.5 Å². The van der Waals surface area contributed by atoms with E-state index < -0.39 is 0 Å². The van der Waals surface area contributed by atoms with Gasteiger partial charge in [-0.05, 0) is 45.6 Å². The summed E-state index contributed by atoms with van der Waals surface area (Å²) in [5.74, 6) is 0.483. The highest BCUT2D eigenvalue weighted by molar-refractivity contribution is 9.10. The fourth-order valence-corrected chi connectivity index (χ4v) is 3.89. The molecular formula is C11H9BrFNS2. The summed E-state index contributed by atoms with van der Waals surface area (Å²) in [5.41, 5.74) is 5.61. The van der Waals surface area contributed by atoms with Crippen LogP contribution in [0.3, 0.4) is 0 Å². The van der Waals surface area contributed by atoms with Gasteiger partial charge in [-0.25, -0.2) is 4.39 Å². The van der Waals surface area contributed by atoms with Gasteiger partial charge in [0.05, 0.1) is 5.69 Å². The number of hydrogen-bond donors (Lipinski definition) is 1. The highest BCUT2D eigenvalue weighted by Crippen LogP contribution is 2.31. The Balaban J connectivity index is 2.05. The van der Waals surface area contributed by atoms with Crippen LogP contribution in [0.25, 0.3) is 0 Å². The number of benzene rings is 1. The van der Waals surface area contributed by atoms with Crippen molar-refractivity contribution in [1.82, 2.24) is 0 Å². The van der Waals surface area contributed by atoms with Gasteiger partial charge in [-0.2, -0.15) is 0 Å². The van der Waals surface area contributed by atoms with Crippen molar-refractivity contribution in [3.05, 3.63) is 44.8 Å². The average molecular weight is 318 g/mol. The Kier molecular flexibility index (Phi) is 3.89. The number of hydrogen-bond acceptors (Lipinski definition) is 3. The van der Waals surface area contributed by atoms with Crippen molar-refractivity contribution < 1.29 is 4.39 Å². The van der Waals surface area contributed by atoms with Crippen molar-refractivity contribution in [2.75, 3.05) is 5.73 Å². The minimum absolute atomic E-state index is 0.196. The molecule has 2 rings (SSSR count). The van der Waals surface area contributed by atoms with Crippen molar-refractivity contribution in [2.45, 2.75) is 10.6 Å². The molecule has 84 valence electrons. The first-order chi connectivity index (χ1) is 7.66. The Morgan fingerprint density at radius 2 is 2.19 bits per heavy atom. The van der Waals surface area contributed by atoms with Gasteiger partial charge in [-0.15, -0.1) is 23.1 Å². The molecule has 0 aliphatic rings. The molecule has 16 heavy (non-hydrogen) atoms. The van der Waals surface area contributed by atoms with E-state index in [0.717, 1.165) is 15.1 Å². The second kappa shape index (κ2) is 5.21. The number of halogens is 2. The fourth-order valence-electron chi connectivity index (χ4n) is 1.17. The Morgan fingerprint density at radius 1 is 1.38 bits per heavy atom. The van der Waals surface area contributed by atoms with Crippen LogP contribution in [0.2, 0.25) is 0 Å². The SMILES string of the molecule is Nc1ccc(SCc2sccc2Br)cc1F. The Morgan fingerprint density at radius 3 is 2.81 bits per heavy atom. The minimum Gasteiger partial charge on any atom is -0.396 e. The van der Waals surface area contributed by atoms with E-state index in [1.54, 1.807) is 29.2 Å². The van der Waals surface area contributed by atoms with Gasteiger partial charge >= 0.3 is 0 Å². The van der Waals surface area contributed by atoms with Gasteiger partial charge in [0.2, 0.25) is 0 Å². The maximum Gasteiger partial charge on any atom is 0.147 e. The standard InChI is InChI=1S/C11H9BrFNS2/c12-8-3-4-15-11(8)6-16-7-1-2-10(14)9(13)5-7/h1-5H,6,14H2. The third-order valence-corrected chi connectivity index (χ3v) is 5.16. The van der Waals surface area contributed by atoms with E-state index >= 15 is 0 Å². The molecule has 0 saturated heterocycles. The van der Waals surface area contributed by atoms with Gasteiger partial charge in [-0.1, -0.05) is 0 Å². The van der Waals surface area contributed by atoms with Gasteiger partial charge in [0.1, 0.15) is 5.82 Å². The summed E-state index contributed by atoms with van der Waals surface area (Å²) in [6.07, 6.45) is 0. The fraction of sp³-hybridized carbons (Fsp3) is 0.0909. The number of thioether (sulfide) groups is 1. The minimum atomic E-state index is -0.352. The predicted octanol–water partition coefficient (Wildman–Crippen LogP) is 4.52. The van der Waals surface area contributed by atoms with Crippen molar-refractivity contribution >= 4 is 44.7 Å². The number of thiophene rings is 1. The van der Waals surface area contributed by atoms with Crippen LogP contribution in [0.15, 0.2) is 39.0 Å². The summed E-state index contributed by atoms with van der Waals surface area (Å²) in [6.45, 7) is 0. The Hall–Kier alpha value is -0.520. The van der Waals surface area contributed by atoms with E-state index in [9.17, 15) is 4.39 Å². The van der Waals surface area contributed by atoms with Gasteiger partial charge in [0.25, 0.3) is 0 Å². The zero-order chi connectivity index (χ0) is 11.5. The number of anilines is 1. The summed E-state index contributed by atoms with van der Waals surface area (Å²) in [6, 6.07) is 6.93. The monoisotopic (exact) mass is 317 g/mol. The molecule has 0 fully saturated rings. The zero-order valence-corrected chi connectivity index (χ0v) is 11.5. The van der Waals surface area contributed by atoms with Crippen LogP contribution in [0, 0.1) is 5.82 Å². The largest absolute Gasteiger partial charge is 0.396 e. The smallest absolute Gasteiger partial charge is 0.147 e. The molecule has 0 bridgehead atoms. The summed E-state index contributed by atoms with van der Waals surface area (Å²) in [4.78, 5) is 2.15. The molecule has 2 N–H and O–H groups in total. The van der Waals surface area contributed by atoms with E-state index in [4.69, 9.17) is 5.73 Å². The zero-order valence-electron chi connectivity index (χ0n) is 8.24. The first kappa shape index (κ1) is 12.0. The predicted molar refractivity (Wildman–Crippen MR) is 72.4 cm³/mol. The van der Waals surface area contributed by atoms with Crippen molar-refractivity contribution in [1.29, 1.82) is 0 Å². The Labute approximate surface area is 110 Å². The lowest BCUT2D eigenvalue weighted by Gasteiger charge is -2.02. The van der Waals surface area contributed by atoms with Crippen LogP contribution in [-0.2, 0) is 5.75 Å². The lowest BCUT2D eigenvalue weighted by molar-refractivity contribution is 0.629. The molecule has 0 atom stereocenters. The normalized spacial score (nSPS) is 10.6. The molecule has 0 aliphatic heterocycles. The highest BCUT2D eigenvalue weighted by atomic mass is 79.9. The maximum atomic E-state index is 13.2. The number of nitrogens with two attached hydrogens (primary N) is 1. The first-order valence-electron chi connectivity index (χ1n) is 4.56. The van der Waals surface area contributed by atoms with Crippen LogP contribution in [-0.4, -0.2) is 0 Å². The van der Waals surface area contributed by atoms with Crippen LogP contribution in [0.5, 0.6) is 0 Å². The molecule has 0 radical (unpaired) electrons. The van der Waals surface area contributed by atoms with Gasteiger partial charge in [0.15, 0.2) is 0 Å².